The Morgan fingerprint density at radius 2 is 1.78 bits per heavy atom. The van der Waals surface area contributed by atoms with Crippen LogP contribution in [0.1, 0.15) is 0 Å². The highest BCUT2D eigenvalue weighted by molar-refractivity contribution is 7.99. The lowest BCUT2D eigenvalue weighted by Gasteiger charge is -2.14. The second-order valence-electron chi connectivity index (χ2n) is 7.82. The van der Waals surface area contributed by atoms with Crippen molar-refractivity contribution >= 4 is 33.6 Å². The zero-order valence-electron chi connectivity index (χ0n) is 18.6. The highest BCUT2D eigenvalue weighted by Crippen LogP contribution is 2.30. The average molecular weight is 530 g/mol. The zero-order chi connectivity index (χ0) is 26.2. The summed E-state index contributed by atoms with van der Waals surface area (Å²) in [7, 11) is 0. The van der Waals surface area contributed by atoms with Crippen molar-refractivity contribution in [1.82, 2.24) is 19.5 Å². The third-order valence-electron chi connectivity index (χ3n) is 5.33. The summed E-state index contributed by atoms with van der Waals surface area (Å²) in [4.78, 5) is 26.3. The fourth-order valence-corrected chi connectivity index (χ4v) is 4.35. The van der Waals surface area contributed by atoms with Crippen LogP contribution in [-0.2, 0) is 0 Å². The molecule has 0 unspecified atom stereocenters. The molecule has 6 nitrogen and oxygen atoms in total. The lowest BCUT2D eigenvalue weighted by Crippen LogP contribution is -2.20. The first-order valence-corrected chi connectivity index (χ1v) is 11.7. The molecule has 0 N–H and O–H groups in total. The quantitative estimate of drug-likeness (QED) is 0.147. The van der Waals surface area contributed by atoms with Crippen molar-refractivity contribution in [3.8, 4) is 22.6 Å². The second kappa shape index (κ2) is 9.77. The van der Waals surface area contributed by atoms with Gasteiger partial charge in [-0.3, -0.25) is 14.3 Å². The van der Waals surface area contributed by atoms with Gasteiger partial charge in [-0.25, -0.2) is 9.97 Å². The maximum atomic E-state index is 13.8. The maximum absolute atomic E-state index is 13.8. The number of hydrogen-bond donors (Lipinski definition) is 0. The van der Waals surface area contributed by atoms with Crippen LogP contribution >= 0.6 is 11.8 Å². The van der Waals surface area contributed by atoms with Gasteiger partial charge < -0.3 is 4.74 Å². The van der Waals surface area contributed by atoms with E-state index in [1.165, 1.54) is 41.2 Å². The Morgan fingerprint density at radius 3 is 2.51 bits per heavy atom. The van der Waals surface area contributed by atoms with Crippen molar-refractivity contribution in [2.24, 2.45) is 0 Å². The molecule has 0 aliphatic carbocycles. The molecule has 188 valence electrons. The summed E-state index contributed by atoms with van der Waals surface area (Å²) in [5.41, 5.74) is 1.25. The van der Waals surface area contributed by atoms with Crippen LogP contribution in [0.3, 0.4) is 0 Å². The van der Waals surface area contributed by atoms with Crippen LogP contribution in [0.5, 0.6) is 5.75 Å². The van der Waals surface area contributed by atoms with Gasteiger partial charge in [0.1, 0.15) is 5.75 Å². The average Bonchev–Trinajstić information content (AvgIpc) is 2.87. The van der Waals surface area contributed by atoms with Crippen LogP contribution in [0.25, 0.3) is 38.6 Å². The molecule has 2 aromatic carbocycles. The van der Waals surface area contributed by atoms with Crippen molar-refractivity contribution in [1.29, 1.82) is 0 Å². The number of aromatic nitrogens is 4. The predicted octanol–water partition coefficient (Wildman–Crippen LogP) is 6.25. The second-order valence-corrected chi connectivity index (χ2v) is 8.77. The summed E-state index contributed by atoms with van der Waals surface area (Å²) in [6.45, 7) is -3.02. The van der Waals surface area contributed by atoms with E-state index in [9.17, 15) is 26.7 Å². The third-order valence-corrected chi connectivity index (χ3v) is 6.26. The molecule has 5 aromatic rings. The van der Waals surface area contributed by atoms with Crippen molar-refractivity contribution < 1.29 is 26.7 Å². The van der Waals surface area contributed by atoms with E-state index >= 15 is 0 Å². The summed E-state index contributed by atoms with van der Waals surface area (Å²) < 4.78 is 69.2. The summed E-state index contributed by atoms with van der Waals surface area (Å²) in [5.74, 6) is -1.31. The van der Waals surface area contributed by atoms with Crippen LogP contribution < -0.4 is 10.3 Å². The van der Waals surface area contributed by atoms with Crippen molar-refractivity contribution in [3.63, 3.8) is 0 Å². The number of alkyl halides is 5. The van der Waals surface area contributed by atoms with E-state index in [0.29, 0.717) is 28.4 Å². The molecule has 0 saturated carbocycles. The molecule has 3 heterocycles. The Labute approximate surface area is 209 Å². The maximum Gasteiger partial charge on any atom is 0.398 e. The van der Waals surface area contributed by atoms with E-state index in [-0.39, 0.29) is 22.0 Å². The van der Waals surface area contributed by atoms with Crippen molar-refractivity contribution in [2.75, 3.05) is 5.75 Å². The zero-order valence-corrected chi connectivity index (χ0v) is 19.4. The molecule has 0 amide bonds. The molecule has 37 heavy (non-hydrogen) atoms. The summed E-state index contributed by atoms with van der Waals surface area (Å²) in [6, 6.07) is 14.2. The SMILES string of the molecule is O=c1c(-c2ccc(OC(F)F)cc2)c2nc(SCC(F)(F)F)ncc2cn1-c1ccc2ncccc2c1. The standard InChI is InChI=1S/C25H15F5N4O2S/c26-23(27)36-18-6-3-14(4-7-18)20-21-16(11-32-24(33-21)37-13-25(28,29)30)12-34(22(20)35)17-5-8-19-15(10-17)2-1-9-31-19/h1-12,23H,13H2. The lowest BCUT2D eigenvalue weighted by atomic mass is 10.0. The van der Waals surface area contributed by atoms with E-state index in [1.807, 2.05) is 6.07 Å². The van der Waals surface area contributed by atoms with Gasteiger partial charge in [0, 0.05) is 35.1 Å². The number of hydrogen-bond acceptors (Lipinski definition) is 6. The topological polar surface area (TPSA) is 69.9 Å². The Balaban J connectivity index is 1.70. The molecule has 0 atom stereocenters. The predicted molar refractivity (Wildman–Crippen MR) is 129 cm³/mol. The van der Waals surface area contributed by atoms with E-state index < -0.39 is 24.1 Å². The number of benzene rings is 2. The Morgan fingerprint density at radius 1 is 1.00 bits per heavy atom. The van der Waals surface area contributed by atoms with E-state index in [4.69, 9.17) is 0 Å². The molecule has 12 heteroatoms. The molecule has 0 bridgehead atoms. The van der Waals surface area contributed by atoms with Crippen LogP contribution in [0.2, 0.25) is 0 Å². The molecule has 0 aliphatic heterocycles. The van der Waals surface area contributed by atoms with E-state index in [1.54, 1.807) is 30.5 Å². The highest BCUT2D eigenvalue weighted by Gasteiger charge is 2.28. The Bertz CT molecular complexity index is 1660. The third kappa shape index (κ3) is 5.38. The van der Waals surface area contributed by atoms with E-state index in [0.717, 1.165) is 10.9 Å². The molecule has 0 fully saturated rings. The number of pyridine rings is 2. The van der Waals surface area contributed by atoms with Gasteiger partial charge in [-0.05, 0) is 42.0 Å². The van der Waals surface area contributed by atoms with Gasteiger partial charge in [0.15, 0.2) is 5.16 Å². The van der Waals surface area contributed by atoms with Crippen molar-refractivity contribution in [3.05, 3.63) is 83.5 Å². The first-order valence-electron chi connectivity index (χ1n) is 10.7. The minimum atomic E-state index is -4.43. The first kappa shape index (κ1) is 24.6. The normalized spacial score (nSPS) is 11.9. The monoisotopic (exact) mass is 530 g/mol. The van der Waals surface area contributed by atoms with Gasteiger partial charge in [0.2, 0.25) is 0 Å². The summed E-state index contributed by atoms with van der Waals surface area (Å²) >= 11 is 0.397. The van der Waals surface area contributed by atoms with Crippen molar-refractivity contribution in [2.45, 2.75) is 17.9 Å². The number of ether oxygens (including phenoxy) is 1. The van der Waals surface area contributed by atoms with Gasteiger partial charge in [0.05, 0.1) is 22.3 Å². The molecule has 0 aliphatic rings. The summed E-state index contributed by atoms with van der Waals surface area (Å²) in [5, 5.41) is 1.03. The van der Waals surface area contributed by atoms with Crippen LogP contribution in [-0.4, -0.2) is 38.1 Å². The molecule has 0 spiro atoms. The van der Waals surface area contributed by atoms with Gasteiger partial charge >= 0.3 is 12.8 Å². The van der Waals surface area contributed by atoms with Gasteiger partial charge in [-0.15, -0.1) is 0 Å². The largest absolute Gasteiger partial charge is 0.435 e. The van der Waals surface area contributed by atoms with E-state index in [2.05, 4.69) is 19.7 Å². The minimum absolute atomic E-state index is 0.0728. The number of rotatable bonds is 6. The van der Waals surface area contributed by atoms with Gasteiger partial charge in [-0.2, -0.15) is 22.0 Å². The highest BCUT2D eigenvalue weighted by atomic mass is 32.2. The van der Waals surface area contributed by atoms with Gasteiger partial charge in [-0.1, -0.05) is 30.0 Å². The molecule has 3 aromatic heterocycles. The number of halogens is 5. The smallest absolute Gasteiger partial charge is 0.398 e. The molecule has 5 rings (SSSR count). The Hall–Kier alpha value is -4.06. The van der Waals surface area contributed by atoms with Crippen LogP contribution in [0, 0.1) is 0 Å². The molecular weight excluding hydrogens is 515 g/mol. The van der Waals surface area contributed by atoms with Crippen LogP contribution in [0.4, 0.5) is 22.0 Å². The fourth-order valence-electron chi connectivity index (χ4n) is 3.77. The lowest BCUT2D eigenvalue weighted by molar-refractivity contribution is -0.105. The molecular formula is C25H15F5N4O2S. The first-order chi connectivity index (χ1) is 17.7. The summed E-state index contributed by atoms with van der Waals surface area (Å²) in [6.07, 6.45) is 0.0681. The number of nitrogens with zero attached hydrogens (tertiary/aromatic N) is 4. The number of thioether (sulfide) groups is 1. The molecule has 0 saturated heterocycles. The Kier molecular flexibility index (Phi) is 6.50. The number of fused-ring (bicyclic) bond motifs is 2. The minimum Gasteiger partial charge on any atom is -0.435 e. The molecule has 0 radical (unpaired) electrons. The van der Waals surface area contributed by atoms with Crippen LogP contribution in [0.15, 0.2) is 83.1 Å². The van der Waals surface area contributed by atoms with Gasteiger partial charge in [0.25, 0.3) is 5.56 Å². The fraction of sp³-hybridized carbons (Fsp3) is 0.120.